The molecule has 2 amide bonds. The highest BCUT2D eigenvalue weighted by Gasteiger charge is 2.50. The van der Waals surface area contributed by atoms with E-state index < -0.39 is 0 Å². The quantitative estimate of drug-likeness (QED) is 0.621. The Balaban J connectivity index is 1.34. The Kier molecular flexibility index (Phi) is 7.37. The van der Waals surface area contributed by atoms with Crippen LogP contribution in [0, 0.1) is 17.3 Å². The molecular weight excluding hydrogens is 434 g/mol. The Morgan fingerprint density at radius 2 is 1.34 bits per heavy atom. The summed E-state index contributed by atoms with van der Waals surface area (Å²) in [5.74, 6) is -0.161. The Morgan fingerprint density at radius 1 is 0.829 bits per heavy atom. The molecule has 5 heteroatoms. The minimum atomic E-state index is -0.277. The van der Waals surface area contributed by atoms with Gasteiger partial charge in [-0.1, -0.05) is 81.4 Å². The van der Waals surface area contributed by atoms with Crippen molar-refractivity contribution in [2.45, 2.75) is 59.0 Å². The van der Waals surface area contributed by atoms with E-state index in [-0.39, 0.29) is 40.6 Å². The molecular formula is C30H41N3O2. The van der Waals surface area contributed by atoms with Gasteiger partial charge >= 0.3 is 0 Å². The van der Waals surface area contributed by atoms with E-state index in [1.165, 1.54) is 11.1 Å². The van der Waals surface area contributed by atoms with Gasteiger partial charge in [0.1, 0.15) is 0 Å². The summed E-state index contributed by atoms with van der Waals surface area (Å²) >= 11 is 0. The molecule has 2 atom stereocenters. The first-order valence-electron chi connectivity index (χ1n) is 13.0. The number of nitrogens with zero attached hydrogens (tertiary/aromatic N) is 2. The van der Waals surface area contributed by atoms with Crippen molar-refractivity contribution in [2.24, 2.45) is 17.3 Å². The second-order valence-electron chi connectivity index (χ2n) is 12.1. The number of carbonyl (C=O) groups is 2. The third-order valence-corrected chi connectivity index (χ3v) is 7.10. The number of hydrogen-bond acceptors (Lipinski definition) is 3. The summed E-state index contributed by atoms with van der Waals surface area (Å²) in [6.45, 7) is 13.8. The van der Waals surface area contributed by atoms with Gasteiger partial charge in [0.25, 0.3) is 0 Å². The van der Waals surface area contributed by atoms with Crippen LogP contribution in [-0.2, 0) is 9.59 Å². The molecule has 0 bridgehead atoms. The molecule has 5 nitrogen and oxygen atoms in total. The predicted octanol–water partition coefficient (Wildman–Crippen LogP) is 4.89. The molecule has 4 rings (SSSR count). The molecule has 1 saturated carbocycles. The third-order valence-electron chi connectivity index (χ3n) is 7.10. The number of carbonyl (C=O) groups excluding carboxylic acids is 2. The van der Waals surface area contributed by atoms with Crippen molar-refractivity contribution < 1.29 is 9.59 Å². The maximum atomic E-state index is 13.2. The van der Waals surface area contributed by atoms with Crippen molar-refractivity contribution in [3.8, 4) is 0 Å². The average molecular weight is 476 g/mol. The first kappa shape index (κ1) is 25.4. The molecule has 2 aliphatic rings. The fourth-order valence-corrected chi connectivity index (χ4v) is 5.87. The number of hydrogen-bond donors (Lipinski definition) is 1. The van der Waals surface area contributed by atoms with Crippen LogP contribution in [-0.4, -0.2) is 53.3 Å². The van der Waals surface area contributed by atoms with E-state index >= 15 is 0 Å². The summed E-state index contributed by atoms with van der Waals surface area (Å²) in [7, 11) is 0. The van der Waals surface area contributed by atoms with Crippen LogP contribution in [0.15, 0.2) is 60.7 Å². The highest BCUT2D eigenvalue weighted by Crippen LogP contribution is 2.41. The lowest BCUT2D eigenvalue weighted by atomic mass is 9.81. The molecule has 2 fully saturated rings. The van der Waals surface area contributed by atoms with Crippen molar-refractivity contribution in [1.82, 2.24) is 15.1 Å². The lowest BCUT2D eigenvalue weighted by Gasteiger charge is -2.40. The zero-order valence-electron chi connectivity index (χ0n) is 22.0. The smallest absolute Gasteiger partial charge is 0.226 e. The van der Waals surface area contributed by atoms with Gasteiger partial charge in [-0.3, -0.25) is 14.5 Å². The second-order valence-corrected chi connectivity index (χ2v) is 12.1. The largest absolute Gasteiger partial charge is 0.351 e. The monoisotopic (exact) mass is 475 g/mol. The molecule has 1 saturated heterocycles. The van der Waals surface area contributed by atoms with Crippen LogP contribution < -0.4 is 5.32 Å². The molecule has 0 radical (unpaired) electrons. The highest BCUT2D eigenvalue weighted by molar-refractivity contribution is 5.92. The summed E-state index contributed by atoms with van der Waals surface area (Å²) in [4.78, 5) is 30.5. The molecule has 0 spiro atoms. The van der Waals surface area contributed by atoms with E-state index in [9.17, 15) is 9.59 Å². The number of nitrogens with one attached hydrogen (secondary N) is 1. The summed E-state index contributed by atoms with van der Waals surface area (Å²) in [5.41, 5.74) is 2.40. The average Bonchev–Trinajstić information content (AvgIpc) is 3.60. The maximum absolute atomic E-state index is 13.2. The highest BCUT2D eigenvalue weighted by atomic mass is 16.2. The van der Waals surface area contributed by atoms with Crippen molar-refractivity contribution in [3.63, 3.8) is 0 Å². The minimum absolute atomic E-state index is 0.0319. The fourth-order valence-electron chi connectivity index (χ4n) is 5.87. The fraction of sp³-hybridized carbons (Fsp3) is 0.533. The van der Waals surface area contributed by atoms with Crippen molar-refractivity contribution in [1.29, 1.82) is 0 Å². The van der Waals surface area contributed by atoms with Crippen LogP contribution in [0.5, 0.6) is 0 Å². The lowest BCUT2D eigenvalue weighted by molar-refractivity contribution is -0.136. The molecule has 1 aliphatic heterocycles. The first-order chi connectivity index (χ1) is 16.5. The van der Waals surface area contributed by atoms with E-state index in [0.29, 0.717) is 19.5 Å². The zero-order valence-corrected chi connectivity index (χ0v) is 22.0. The van der Waals surface area contributed by atoms with E-state index in [1.54, 1.807) is 0 Å². The van der Waals surface area contributed by atoms with E-state index in [0.717, 1.165) is 19.5 Å². The van der Waals surface area contributed by atoms with Gasteiger partial charge in [0, 0.05) is 31.7 Å². The number of benzene rings is 2. The molecule has 1 N–H and O–H groups in total. The van der Waals surface area contributed by atoms with Crippen molar-refractivity contribution >= 4 is 11.8 Å². The van der Waals surface area contributed by atoms with Crippen LogP contribution >= 0.6 is 0 Å². The van der Waals surface area contributed by atoms with Gasteiger partial charge in [-0.25, -0.2) is 0 Å². The Labute approximate surface area is 210 Å². The van der Waals surface area contributed by atoms with Crippen molar-refractivity contribution in [2.75, 3.05) is 26.2 Å². The summed E-state index contributed by atoms with van der Waals surface area (Å²) in [6, 6.07) is 21.4. The molecule has 35 heavy (non-hydrogen) atoms. The Hall–Kier alpha value is -2.66. The normalized spacial score (nSPS) is 21.1. The zero-order chi connectivity index (χ0) is 25.2. The van der Waals surface area contributed by atoms with Gasteiger partial charge in [0.15, 0.2) is 0 Å². The molecule has 1 heterocycles. The van der Waals surface area contributed by atoms with E-state index in [2.05, 4.69) is 105 Å². The van der Waals surface area contributed by atoms with Crippen LogP contribution in [0.4, 0.5) is 0 Å². The molecule has 1 aliphatic carbocycles. The molecule has 0 aromatic heterocycles. The van der Waals surface area contributed by atoms with Gasteiger partial charge in [0.2, 0.25) is 11.8 Å². The maximum Gasteiger partial charge on any atom is 0.226 e. The third kappa shape index (κ3) is 6.52. The lowest BCUT2D eigenvalue weighted by Crippen LogP contribution is -2.51. The Morgan fingerprint density at radius 3 is 1.83 bits per heavy atom. The van der Waals surface area contributed by atoms with Crippen LogP contribution in [0.1, 0.15) is 64.6 Å². The standard InChI is InChI=1S/C30H41N3O2/c1-29(2,3)21-30(4,5)31-27(34)24-20-25(24)28(35)33-18-16-32(17-19-33)26(22-12-8-6-9-13-22)23-14-10-7-11-15-23/h6-15,24-26H,16-21H2,1-5H3,(H,31,34)/t24?,25-/m0/s1. The van der Waals surface area contributed by atoms with Gasteiger partial charge in [-0.05, 0) is 43.2 Å². The Bertz CT molecular complexity index is 965. The molecule has 188 valence electrons. The van der Waals surface area contributed by atoms with Crippen LogP contribution in [0.3, 0.4) is 0 Å². The van der Waals surface area contributed by atoms with Gasteiger partial charge in [-0.15, -0.1) is 0 Å². The van der Waals surface area contributed by atoms with Gasteiger partial charge in [-0.2, -0.15) is 0 Å². The first-order valence-corrected chi connectivity index (χ1v) is 13.0. The summed E-state index contributed by atoms with van der Waals surface area (Å²) < 4.78 is 0. The molecule has 2 aromatic rings. The SMILES string of the molecule is CC(C)(C)CC(C)(C)NC(=O)C1C[C@@H]1C(=O)N1CCN(C(c2ccccc2)c2ccccc2)CC1. The van der Waals surface area contributed by atoms with E-state index in [4.69, 9.17) is 0 Å². The predicted molar refractivity (Wildman–Crippen MR) is 141 cm³/mol. The van der Waals surface area contributed by atoms with Crippen molar-refractivity contribution in [3.05, 3.63) is 71.8 Å². The second kappa shape index (κ2) is 10.1. The topological polar surface area (TPSA) is 52.7 Å². The van der Waals surface area contributed by atoms with Crippen LogP contribution in [0.25, 0.3) is 0 Å². The molecule has 1 unspecified atom stereocenters. The van der Waals surface area contributed by atoms with E-state index in [1.807, 2.05) is 4.90 Å². The molecule has 2 aromatic carbocycles. The summed E-state index contributed by atoms with van der Waals surface area (Å²) in [6.07, 6.45) is 1.57. The summed E-state index contributed by atoms with van der Waals surface area (Å²) in [5, 5.41) is 3.20. The van der Waals surface area contributed by atoms with Crippen LogP contribution in [0.2, 0.25) is 0 Å². The van der Waals surface area contributed by atoms with Gasteiger partial charge < -0.3 is 10.2 Å². The number of piperazine rings is 1. The van der Waals surface area contributed by atoms with Gasteiger partial charge in [0.05, 0.1) is 17.9 Å². The minimum Gasteiger partial charge on any atom is -0.351 e. The number of amides is 2. The number of rotatable bonds is 7.